The summed E-state index contributed by atoms with van der Waals surface area (Å²) in [6.07, 6.45) is 4.44. The van der Waals surface area contributed by atoms with Gasteiger partial charge in [0.25, 0.3) is 0 Å². The van der Waals surface area contributed by atoms with Crippen molar-refractivity contribution >= 4 is 16.8 Å². The van der Waals surface area contributed by atoms with Crippen LogP contribution in [-0.2, 0) is 20.0 Å². The van der Waals surface area contributed by atoms with Crippen LogP contribution in [-0.4, -0.2) is 14.3 Å². The molecular formula is C13H14N4O2. The first-order chi connectivity index (χ1) is 9.13. The van der Waals surface area contributed by atoms with Gasteiger partial charge in [0.15, 0.2) is 5.58 Å². The number of aromatic nitrogens is 3. The molecule has 6 nitrogen and oxygen atoms in total. The number of fused-ring (bicyclic) bond motifs is 1. The Kier molecular flexibility index (Phi) is 2.63. The van der Waals surface area contributed by atoms with Crippen molar-refractivity contribution < 1.29 is 4.42 Å². The van der Waals surface area contributed by atoms with Gasteiger partial charge in [0.1, 0.15) is 0 Å². The maximum atomic E-state index is 11.8. The number of hydrogen-bond donors (Lipinski definition) is 1. The standard InChI is InChI=1S/C13H14N4O2/c1-16-8-9(7-15-16)4-5-17-11-6-10(14)2-3-12(11)19-13(17)18/h2-3,6-8H,4-5,14H2,1H3. The molecule has 0 fully saturated rings. The molecule has 0 aliphatic rings. The second kappa shape index (κ2) is 4.31. The number of nitrogens with zero attached hydrogens (tertiary/aromatic N) is 3. The van der Waals surface area contributed by atoms with E-state index in [9.17, 15) is 4.79 Å². The van der Waals surface area contributed by atoms with Crippen LogP contribution < -0.4 is 11.5 Å². The van der Waals surface area contributed by atoms with Crippen molar-refractivity contribution in [2.45, 2.75) is 13.0 Å². The van der Waals surface area contributed by atoms with Gasteiger partial charge in [-0.1, -0.05) is 0 Å². The molecule has 1 aromatic carbocycles. The van der Waals surface area contributed by atoms with Gasteiger partial charge in [0.2, 0.25) is 0 Å². The van der Waals surface area contributed by atoms with Crippen molar-refractivity contribution in [3.8, 4) is 0 Å². The Labute approximate surface area is 109 Å². The summed E-state index contributed by atoms with van der Waals surface area (Å²) in [5.41, 5.74) is 8.72. The van der Waals surface area contributed by atoms with E-state index in [-0.39, 0.29) is 5.76 Å². The largest absolute Gasteiger partial charge is 0.419 e. The van der Waals surface area contributed by atoms with Gasteiger partial charge in [0.05, 0.1) is 11.7 Å². The number of rotatable bonds is 3. The van der Waals surface area contributed by atoms with Crippen LogP contribution in [0.1, 0.15) is 5.56 Å². The zero-order valence-corrected chi connectivity index (χ0v) is 10.5. The molecule has 0 saturated carbocycles. The van der Waals surface area contributed by atoms with E-state index in [4.69, 9.17) is 10.2 Å². The third-order valence-electron chi connectivity index (χ3n) is 3.07. The molecule has 0 amide bonds. The quantitative estimate of drug-likeness (QED) is 0.715. The van der Waals surface area contributed by atoms with Crippen LogP contribution in [0.3, 0.4) is 0 Å². The van der Waals surface area contributed by atoms with E-state index in [1.165, 1.54) is 0 Å². The Balaban J connectivity index is 1.94. The molecule has 0 radical (unpaired) electrons. The highest BCUT2D eigenvalue weighted by Gasteiger charge is 2.09. The summed E-state index contributed by atoms with van der Waals surface area (Å²) < 4.78 is 8.51. The lowest BCUT2D eigenvalue weighted by atomic mass is 10.2. The monoisotopic (exact) mass is 258 g/mol. The smallest absolute Gasteiger partial charge is 0.408 e. The fraction of sp³-hybridized carbons (Fsp3) is 0.231. The van der Waals surface area contributed by atoms with Crippen LogP contribution >= 0.6 is 0 Å². The van der Waals surface area contributed by atoms with Gasteiger partial charge in [-0.25, -0.2) is 4.79 Å². The molecule has 0 aliphatic carbocycles. The normalized spacial score (nSPS) is 11.2. The predicted octanol–water partition coefficient (Wildman–Crippen LogP) is 1.15. The molecule has 0 atom stereocenters. The number of nitrogen functional groups attached to an aromatic ring is 1. The molecule has 98 valence electrons. The third kappa shape index (κ3) is 2.12. The van der Waals surface area contributed by atoms with E-state index in [0.717, 1.165) is 17.5 Å². The molecule has 2 heterocycles. The van der Waals surface area contributed by atoms with Gasteiger partial charge >= 0.3 is 5.76 Å². The molecule has 0 aliphatic heterocycles. The van der Waals surface area contributed by atoms with Gasteiger partial charge in [0, 0.05) is 25.5 Å². The lowest BCUT2D eigenvalue weighted by Gasteiger charge is -2.01. The summed E-state index contributed by atoms with van der Waals surface area (Å²) in [6, 6.07) is 5.19. The zero-order valence-electron chi connectivity index (χ0n) is 10.5. The highest BCUT2D eigenvalue weighted by Crippen LogP contribution is 2.16. The minimum absolute atomic E-state index is 0.357. The second-order valence-electron chi connectivity index (χ2n) is 4.52. The van der Waals surface area contributed by atoms with E-state index in [0.29, 0.717) is 17.8 Å². The number of oxazole rings is 1. The topological polar surface area (TPSA) is 79.0 Å². The Bertz CT molecular complexity index is 781. The second-order valence-corrected chi connectivity index (χ2v) is 4.52. The molecule has 3 rings (SSSR count). The first kappa shape index (κ1) is 11.6. The Hall–Kier alpha value is -2.50. The van der Waals surface area contributed by atoms with Crippen molar-refractivity contribution in [2.24, 2.45) is 7.05 Å². The summed E-state index contributed by atoms with van der Waals surface area (Å²) in [5.74, 6) is -0.357. The molecule has 0 unspecified atom stereocenters. The van der Waals surface area contributed by atoms with Crippen molar-refractivity contribution in [3.63, 3.8) is 0 Å². The number of anilines is 1. The van der Waals surface area contributed by atoms with Crippen LogP contribution in [0.25, 0.3) is 11.1 Å². The van der Waals surface area contributed by atoms with Crippen LogP contribution in [0.5, 0.6) is 0 Å². The molecule has 19 heavy (non-hydrogen) atoms. The minimum atomic E-state index is -0.357. The summed E-state index contributed by atoms with van der Waals surface area (Å²) in [5, 5.41) is 4.10. The van der Waals surface area contributed by atoms with E-state index >= 15 is 0 Å². The number of nitrogens with two attached hydrogens (primary N) is 1. The molecule has 0 bridgehead atoms. The Morgan fingerprint density at radius 2 is 2.26 bits per heavy atom. The molecule has 2 aromatic heterocycles. The van der Waals surface area contributed by atoms with Gasteiger partial charge in [-0.05, 0) is 30.2 Å². The average Bonchev–Trinajstić information content (AvgIpc) is 2.90. The minimum Gasteiger partial charge on any atom is -0.408 e. The third-order valence-corrected chi connectivity index (χ3v) is 3.07. The lowest BCUT2D eigenvalue weighted by Crippen LogP contribution is -2.15. The maximum absolute atomic E-state index is 11.8. The maximum Gasteiger partial charge on any atom is 0.419 e. The fourth-order valence-electron chi connectivity index (χ4n) is 2.13. The van der Waals surface area contributed by atoms with Crippen molar-refractivity contribution in [2.75, 3.05) is 5.73 Å². The Morgan fingerprint density at radius 1 is 1.42 bits per heavy atom. The summed E-state index contributed by atoms with van der Waals surface area (Å²) in [6.45, 7) is 0.543. The van der Waals surface area contributed by atoms with E-state index in [1.54, 1.807) is 33.6 Å². The highest BCUT2D eigenvalue weighted by molar-refractivity contribution is 5.76. The average molecular weight is 258 g/mol. The summed E-state index contributed by atoms with van der Waals surface area (Å²) in [4.78, 5) is 11.8. The zero-order chi connectivity index (χ0) is 13.4. The van der Waals surface area contributed by atoms with Crippen molar-refractivity contribution in [1.29, 1.82) is 0 Å². The molecule has 0 spiro atoms. The number of benzene rings is 1. The van der Waals surface area contributed by atoms with Gasteiger partial charge in [-0.2, -0.15) is 5.10 Å². The van der Waals surface area contributed by atoms with Crippen LogP contribution in [0.4, 0.5) is 5.69 Å². The first-order valence-electron chi connectivity index (χ1n) is 6.00. The van der Waals surface area contributed by atoms with E-state index in [1.807, 2.05) is 13.2 Å². The lowest BCUT2D eigenvalue weighted by molar-refractivity contribution is 0.505. The highest BCUT2D eigenvalue weighted by atomic mass is 16.4. The fourth-order valence-corrected chi connectivity index (χ4v) is 2.13. The van der Waals surface area contributed by atoms with Crippen molar-refractivity contribution in [3.05, 3.63) is 46.7 Å². The van der Waals surface area contributed by atoms with Crippen molar-refractivity contribution in [1.82, 2.24) is 14.3 Å². The van der Waals surface area contributed by atoms with E-state index in [2.05, 4.69) is 5.10 Å². The molecule has 0 saturated heterocycles. The van der Waals surface area contributed by atoms with E-state index < -0.39 is 0 Å². The van der Waals surface area contributed by atoms with Gasteiger partial charge < -0.3 is 10.2 Å². The van der Waals surface area contributed by atoms with Crippen LogP contribution in [0.15, 0.2) is 39.8 Å². The van der Waals surface area contributed by atoms with Gasteiger partial charge in [-0.15, -0.1) is 0 Å². The van der Waals surface area contributed by atoms with Crippen LogP contribution in [0, 0.1) is 0 Å². The molecular weight excluding hydrogens is 244 g/mol. The molecule has 3 aromatic rings. The predicted molar refractivity (Wildman–Crippen MR) is 71.8 cm³/mol. The summed E-state index contributed by atoms with van der Waals surface area (Å²) in [7, 11) is 1.86. The first-order valence-corrected chi connectivity index (χ1v) is 6.00. The van der Waals surface area contributed by atoms with Gasteiger partial charge in [-0.3, -0.25) is 9.25 Å². The summed E-state index contributed by atoms with van der Waals surface area (Å²) >= 11 is 0. The molecule has 6 heteroatoms. The SMILES string of the molecule is Cn1cc(CCn2c(=O)oc3ccc(N)cc32)cn1. The Morgan fingerprint density at radius 3 is 3.00 bits per heavy atom. The van der Waals surface area contributed by atoms with Crippen LogP contribution in [0.2, 0.25) is 0 Å². The number of hydrogen-bond acceptors (Lipinski definition) is 4. The molecule has 2 N–H and O–H groups in total. The number of aryl methyl sites for hydroxylation is 3.